The van der Waals surface area contributed by atoms with Crippen LogP contribution < -0.4 is 10.5 Å². The monoisotopic (exact) mass is 274 g/mol. The number of aromatic nitrogens is 2. The van der Waals surface area contributed by atoms with E-state index in [4.69, 9.17) is 5.73 Å². The Kier molecular flexibility index (Phi) is 2.94. The van der Waals surface area contributed by atoms with Gasteiger partial charge in [-0.3, -0.25) is 4.72 Å². The second kappa shape index (κ2) is 4.26. The number of hydrogen-bond acceptors (Lipinski definition) is 6. The van der Waals surface area contributed by atoms with Crippen LogP contribution in [0.2, 0.25) is 0 Å². The lowest BCUT2D eigenvalue weighted by atomic mass is 10.3. The lowest BCUT2D eigenvalue weighted by Crippen LogP contribution is -2.14. The van der Waals surface area contributed by atoms with Gasteiger partial charge in [-0.1, -0.05) is 4.49 Å². The minimum Gasteiger partial charge on any atom is -0.398 e. The van der Waals surface area contributed by atoms with Crippen molar-refractivity contribution in [2.45, 2.75) is 4.90 Å². The molecule has 6 nitrogen and oxygen atoms in total. The van der Waals surface area contributed by atoms with Gasteiger partial charge in [-0.15, -0.1) is 5.10 Å². The first kappa shape index (κ1) is 11.7. The third-order valence-electron chi connectivity index (χ3n) is 1.86. The van der Waals surface area contributed by atoms with Crippen molar-refractivity contribution in [1.82, 2.24) is 9.59 Å². The third-order valence-corrected chi connectivity index (χ3v) is 4.01. The molecule has 1 heterocycles. The van der Waals surface area contributed by atoms with Gasteiger partial charge in [0.2, 0.25) is 0 Å². The number of benzene rings is 1. The van der Waals surface area contributed by atoms with Gasteiger partial charge >= 0.3 is 0 Å². The SMILES string of the molecule is Nc1cc(F)ccc1S(=O)(=O)Nc1cnns1. The second-order valence-corrected chi connectivity index (χ2v) is 5.51. The highest BCUT2D eigenvalue weighted by Crippen LogP contribution is 2.22. The largest absolute Gasteiger partial charge is 0.398 e. The summed E-state index contributed by atoms with van der Waals surface area (Å²) >= 11 is 0.887. The first-order chi connectivity index (χ1) is 7.99. The second-order valence-electron chi connectivity index (χ2n) is 3.07. The van der Waals surface area contributed by atoms with Crippen LogP contribution in [0.15, 0.2) is 29.3 Å². The molecule has 3 N–H and O–H groups in total. The molecule has 0 spiro atoms. The van der Waals surface area contributed by atoms with E-state index in [0.29, 0.717) is 0 Å². The zero-order valence-electron chi connectivity index (χ0n) is 8.29. The minimum atomic E-state index is -3.84. The molecular formula is C8H7FN4O2S2. The summed E-state index contributed by atoms with van der Waals surface area (Å²) in [6.45, 7) is 0. The lowest BCUT2D eigenvalue weighted by Gasteiger charge is -2.07. The van der Waals surface area contributed by atoms with Crippen molar-refractivity contribution in [3.63, 3.8) is 0 Å². The molecule has 1 aromatic carbocycles. The Morgan fingerprint density at radius 2 is 2.18 bits per heavy atom. The van der Waals surface area contributed by atoms with Crippen LogP contribution in [-0.2, 0) is 10.0 Å². The maximum atomic E-state index is 12.8. The molecule has 0 aliphatic rings. The van der Waals surface area contributed by atoms with Gasteiger partial charge in [0.05, 0.1) is 11.9 Å². The molecule has 0 atom stereocenters. The predicted octanol–water partition coefficient (Wildman–Crippen LogP) is 1.06. The first-order valence-corrected chi connectivity index (χ1v) is 6.60. The average molecular weight is 274 g/mol. The van der Waals surface area contributed by atoms with Crippen molar-refractivity contribution in [3.05, 3.63) is 30.2 Å². The average Bonchev–Trinajstić information content (AvgIpc) is 2.68. The quantitative estimate of drug-likeness (QED) is 0.815. The summed E-state index contributed by atoms with van der Waals surface area (Å²) in [7, 11) is -3.84. The van der Waals surface area contributed by atoms with Gasteiger partial charge in [-0.2, -0.15) is 0 Å². The molecule has 2 aromatic rings. The molecule has 0 saturated heterocycles. The molecule has 0 amide bonds. The van der Waals surface area contributed by atoms with E-state index in [-0.39, 0.29) is 15.6 Å². The van der Waals surface area contributed by atoms with Crippen LogP contribution in [0.3, 0.4) is 0 Å². The number of hydrogen-bond donors (Lipinski definition) is 2. The molecule has 0 bridgehead atoms. The van der Waals surface area contributed by atoms with Crippen molar-refractivity contribution >= 4 is 32.2 Å². The Balaban J connectivity index is 2.38. The Hall–Kier alpha value is -1.74. The molecular weight excluding hydrogens is 267 g/mol. The van der Waals surface area contributed by atoms with E-state index in [0.717, 1.165) is 29.7 Å². The van der Waals surface area contributed by atoms with E-state index in [1.807, 2.05) is 0 Å². The Morgan fingerprint density at radius 1 is 1.41 bits per heavy atom. The molecule has 0 radical (unpaired) electrons. The molecule has 0 saturated carbocycles. The molecule has 90 valence electrons. The summed E-state index contributed by atoms with van der Waals surface area (Å²) in [5.41, 5.74) is 5.29. The highest BCUT2D eigenvalue weighted by molar-refractivity contribution is 7.93. The summed E-state index contributed by atoms with van der Waals surface area (Å²) in [5.74, 6) is -0.596. The maximum Gasteiger partial charge on any atom is 0.264 e. The number of sulfonamides is 1. The molecule has 17 heavy (non-hydrogen) atoms. The van der Waals surface area contributed by atoms with Crippen LogP contribution in [0.5, 0.6) is 0 Å². The summed E-state index contributed by atoms with van der Waals surface area (Å²) in [4.78, 5) is -0.188. The minimum absolute atomic E-state index is 0.157. The summed E-state index contributed by atoms with van der Waals surface area (Å²) < 4.78 is 42.3. The van der Waals surface area contributed by atoms with Gasteiger partial charge in [0.25, 0.3) is 10.0 Å². The van der Waals surface area contributed by atoms with Crippen LogP contribution in [0.25, 0.3) is 0 Å². The van der Waals surface area contributed by atoms with E-state index in [1.54, 1.807) is 0 Å². The Labute approximate surface area is 100 Å². The fourth-order valence-corrected chi connectivity index (χ4v) is 2.96. The highest BCUT2D eigenvalue weighted by Gasteiger charge is 2.18. The summed E-state index contributed by atoms with van der Waals surface area (Å²) in [5, 5.41) is 3.74. The van der Waals surface area contributed by atoms with Gasteiger partial charge < -0.3 is 5.73 Å². The fourth-order valence-electron chi connectivity index (χ4n) is 1.16. The number of anilines is 2. The summed E-state index contributed by atoms with van der Waals surface area (Å²) in [6.07, 6.45) is 1.27. The number of nitrogens with zero attached hydrogens (tertiary/aromatic N) is 2. The van der Waals surface area contributed by atoms with E-state index >= 15 is 0 Å². The van der Waals surface area contributed by atoms with E-state index < -0.39 is 15.8 Å². The summed E-state index contributed by atoms with van der Waals surface area (Å²) in [6, 6.07) is 3.07. The van der Waals surface area contributed by atoms with Crippen molar-refractivity contribution in [2.75, 3.05) is 10.5 Å². The number of nitrogens with one attached hydrogen (secondary N) is 1. The zero-order valence-corrected chi connectivity index (χ0v) is 9.93. The van der Waals surface area contributed by atoms with E-state index in [2.05, 4.69) is 14.3 Å². The number of nitrogen functional groups attached to an aromatic ring is 1. The van der Waals surface area contributed by atoms with Gasteiger partial charge in [0.15, 0.2) is 0 Å². The van der Waals surface area contributed by atoms with Crippen LogP contribution >= 0.6 is 11.5 Å². The first-order valence-electron chi connectivity index (χ1n) is 4.34. The predicted molar refractivity (Wildman–Crippen MR) is 61.5 cm³/mol. The number of rotatable bonds is 3. The van der Waals surface area contributed by atoms with E-state index in [1.165, 1.54) is 6.20 Å². The van der Waals surface area contributed by atoms with Crippen molar-refractivity contribution < 1.29 is 12.8 Å². The van der Waals surface area contributed by atoms with Crippen LogP contribution in [0.1, 0.15) is 0 Å². The zero-order chi connectivity index (χ0) is 12.5. The van der Waals surface area contributed by atoms with Crippen molar-refractivity contribution in [2.24, 2.45) is 0 Å². The Morgan fingerprint density at radius 3 is 2.76 bits per heavy atom. The molecule has 1 aromatic heterocycles. The van der Waals surface area contributed by atoms with Gasteiger partial charge in [0.1, 0.15) is 15.7 Å². The van der Waals surface area contributed by atoms with Crippen molar-refractivity contribution in [3.8, 4) is 0 Å². The molecule has 0 unspecified atom stereocenters. The number of nitrogens with two attached hydrogens (primary N) is 1. The van der Waals surface area contributed by atoms with E-state index in [9.17, 15) is 12.8 Å². The standard InChI is InChI=1S/C8H7FN4O2S2/c9-5-1-2-7(6(10)3-5)17(14,15)12-8-4-11-13-16-8/h1-4,12H,10H2. The topological polar surface area (TPSA) is 98.0 Å². The normalized spacial score (nSPS) is 11.4. The van der Waals surface area contributed by atoms with Crippen LogP contribution in [0.4, 0.5) is 15.1 Å². The van der Waals surface area contributed by atoms with Crippen molar-refractivity contribution in [1.29, 1.82) is 0 Å². The Bertz CT molecular complexity index is 627. The molecule has 9 heteroatoms. The fraction of sp³-hybridized carbons (Fsp3) is 0. The smallest absolute Gasteiger partial charge is 0.264 e. The maximum absolute atomic E-state index is 12.8. The molecule has 0 fully saturated rings. The van der Waals surface area contributed by atoms with Gasteiger partial charge in [-0.05, 0) is 18.2 Å². The van der Waals surface area contributed by atoms with Crippen LogP contribution in [0, 0.1) is 5.82 Å². The van der Waals surface area contributed by atoms with Crippen LogP contribution in [-0.4, -0.2) is 18.0 Å². The lowest BCUT2D eigenvalue weighted by molar-refractivity contribution is 0.600. The third kappa shape index (κ3) is 2.50. The highest BCUT2D eigenvalue weighted by atomic mass is 32.2. The molecule has 0 aliphatic carbocycles. The van der Waals surface area contributed by atoms with Gasteiger partial charge in [-0.25, -0.2) is 12.8 Å². The molecule has 0 aliphatic heterocycles. The molecule has 2 rings (SSSR count). The number of halogens is 1. The van der Waals surface area contributed by atoms with Gasteiger partial charge in [0, 0.05) is 11.5 Å².